The second-order valence-corrected chi connectivity index (χ2v) is 7.35. The van der Waals surface area contributed by atoms with Gasteiger partial charge in [0, 0.05) is 16.7 Å². The smallest absolute Gasteiger partial charge is 0.174 e. The van der Waals surface area contributed by atoms with Crippen molar-refractivity contribution in [2.75, 3.05) is 7.11 Å². The lowest BCUT2D eigenvalue weighted by molar-refractivity contribution is 0.132. The molecule has 0 aromatic heterocycles. The second kappa shape index (κ2) is 10.6. The van der Waals surface area contributed by atoms with Crippen molar-refractivity contribution >= 4 is 28.8 Å². The van der Waals surface area contributed by atoms with Crippen molar-refractivity contribution in [2.24, 2.45) is 5.16 Å². The van der Waals surface area contributed by atoms with E-state index in [9.17, 15) is 4.39 Å². The first-order valence-electron chi connectivity index (χ1n) is 8.99. The predicted molar refractivity (Wildman–Crippen MR) is 120 cm³/mol. The minimum absolute atomic E-state index is 0.0912. The minimum atomic E-state index is -0.314. The highest BCUT2D eigenvalue weighted by atomic mass is 127. The topological polar surface area (TPSA) is 63.8 Å². The van der Waals surface area contributed by atoms with Gasteiger partial charge in [0.15, 0.2) is 11.5 Å². The number of nitriles is 1. The Morgan fingerprint density at radius 2 is 1.80 bits per heavy atom. The van der Waals surface area contributed by atoms with E-state index >= 15 is 0 Å². The summed E-state index contributed by atoms with van der Waals surface area (Å²) in [5, 5.41) is 13.1. The molecule has 3 aromatic carbocycles. The minimum Gasteiger partial charge on any atom is -0.493 e. The molecule has 0 amide bonds. The van der Waals surface area contributed by atoms with E-state index < -0.39 is 0 Å². The third-order valence-electron chi connectivity index (χ3n) is 4.22. The van der Waals surface area contributed by atoms with Crippen LogP contribution in [0.15, 0.2) is 65.8 Å². The van der Waals surface area contributed by atoms with Gasteiger partial charge >= 0.3 is 0 Å². The van der Waals surface area contributed by atoms with Crippen molar-refractivity contribution in [1.29, 1.82) is 5.26 Å². The van der Waals surface area contributed by atoms with Crippen LogP contribution in [0.5, 0.6) is 11.5 Å². The maximum atomic E-state index is 13.8. The van der Waals surface area contributed by atoms with Crippen LogP contribution in [0.1, 0.15) is 22.3 Å². The molecule has 3 aromatic rings. The first-order chi connectivity index (χ1) is 14.6. The Morgan fingerprint density at radius 1 is 1.07 bits per heavy atom. The first kappa shape index (κ1) is 21.6. The Hall–Kier alpha value is -3.12. The molecule has 3 rings (SSSR count). The fraction of sp³-hybridized carbons (Fsp3) is 0.130. The van der Waals surface area contributed by atoms with E-state index in [0.29, 0.717) is 22.6 Å². The van der Waals surface area contributed by atoms with Gasteiger partial charge < -0.3 is 14.3 Å². The second-order valence-electron chi connectivity index (χ2n) is 6.19. The highest BCUT2D eigenvalue weighted by Gasteiger charge is 2.12. The Labute approximate surface area is 187 Å². The summed E-state index contributed by atoms with van der Waals surface area (Å²) in [5.41, 5.74) is 2.54. The van der Waals surface area contributed by atoms with E-state index in [-0.39, 0.29) is 19.0 Å². The Balaban J connectivity index is 1.68. The molecule has 0 atom stereocenters. The number of hydrogen-bond donors (Lipinski definition) is 0. The standard InChI is InChI=1S/C23H18FIN2O3/c1-28-22-11-16(13-27-30-15-18-7-3-2-6-17(18)12-26)10-21(25)23(22)29-14-19-8-4-5-9-20(19)24/h2-11,13H,14-15H2,1H3/b27-13-. The molecule has 7 heteroatoms. The molecule has 0 aliphatic rings. The molecule has 152 valence electrons. The van der Waals surface area contributed by atoms with Crippen molar-refractivity contribution in [3.05, 3.63) is 92.3 Å². The van der Waals surface area contributed by atoms with Crippen molar-refractivity contribution < 1.29 is 18.7 Å². The molecule has 0 spiro atoms. The lowest BCUT2D eigenvalue weighted by atomic mass is 10.1. The van der Waals surface area contributed by atoms with Crippen LogP contribution in [-0.4, -0.2) is 13.3 Å². The van der Waals surface area contributed by atoms with Gasteiger partial charge in [0.25, 0.3) is 0 Å². The quantitative estimate of drug-likeness (QED) is 0.227. The summed E-state index contributed by atoms with van der Waals surface area (Å²) in [4.78, 5) is 5.33. The Morgan fingerprint density at radius 3 is 2.53 bits per heavy atom. The normalized spacial score (nSPS) is 10.6. The van der Waals surface area contributed by atoms with Gasteiger partial charge in [0.05, 0.1) is 28.5 Å². The van der Waals surface area contributed by atoms with E-state index in [2.05, 4.69) is 33.8 Å². The largest absolute Gasteiger partial charge is 0.493 e. The molecule has 0 heterocycles. The summed E-state index contributed by atoms with van der Waals surface area (Å²) in [6.07, 6.45) is 1.56. The number of nitrogens with zero attached hydrogens (tertiary/aromatic N) is 2. The highest BCUT2D eigenvalue weighted by Crippen LogP contribution is 2.34. The lowest BCUT2D eigenvalue weighted by Crippen LogP contribution is -2.02. The fourth-order valence-electron chi connectivity index (χ4n) is 2.68. The van der Waals surface area contributed by atoms with Gasteiger partial charge in [0.1, 0.15) is 19.0 Å². The average Bonchev–Trinajstić information content (AvgIpc) is 2.77. The summed E-state index contributed by atoms with van der Waals surface area (Å²) in [5.74, 6) is 0.724. The molecule has 0 saturated heterocycles. The number of rotatable bonds is 8. The molecule has 0 aliphatic carbocycles. The molecular weight excluding hydrogens is 498 g/mol. The number of benzene rings is 3. The maximum Gasteiger partial charge on any atom is 0.174 e. The monoisotopic (exact) mass is 516 g/mol. The third-order valence-corrected chi connectivity index (χ3v) is 5.02. The summed E-state index contributed by atoms with van der Waals surface area (Å²) in [6.45, 7) is 0.284. The van der Waals surface area contributed by atoms with Crippen molar-refractivity contribution in [3.8, 4) is 17.6 Å². The number of ether oxygens (including phenoxy) is 2. The van der Waals surface area contributed by atoms with Gasteiger partial charge in [-0.15, -0.1) is 0 Å². The van der Waals surface area contributed by atoms with Gasteiger partial charge in [-0.1, -0.05) is 41.6 Å². The van der Waals surface area contributed by atoms with Crippen LogP contribution in [0.25, 0.3) is 0 Å². The fourth-order valence-corrected chi connectivity index (χ4v) is 3.46. The van der Waals surface area contributed by atoms with Gasteiger partial charge in [0.2, 0.25) is 0 Å². The molecule has 0 aliphatic heterocycles. The number of halogens is 2. The maximum absolute atomic E-state index is 13.8. The zero-order valence-corrected chi connectivity index (χ0v) is 18.3. The van der Waals surface area contributed by atoms with E-state index in [1.807, 2.05) is 18.2 Å². The van der Waals surface area contributed by atoms with Crippen LogP contribution in [-0.2, 0) is 18.1 Å². The van der Waals surface area contributed by atoms with Crippen LogP contribution < -0.4 is 9.47 Å². The molecule has 0 radical (unpaired) electrons. The molecule has 0 N–H and O–H groups in total. The summed E-state index contributed by atoms with van der Waals surface area (Å²) < 4.78 is 25.9. The van der Waals surface area contributed by atoms with Crippen LogP contribution in [0.3, 0.4) is 0 Å². The molecule has 0 unspecified atom stereocenters. The molecule has 0 fully saturated rings. The molecule has 0 bridgehead atoms. The van der Waals surface area contributed by atoms with E-state index in [1.54, 1.807) is 42.6 Å². The first-order valence-corrected chi connectivity index (χ1v) is 10.1. The summed E-state index contributed by atoms with van der Waals surface area (Å²) >= 11 is 2.13. The van der Waals surface area contributed by atoms with Crippen LogP contribution >= 0.6 is 22.6 Å². The van der Waals surface area contributed by atoms with Crippen LogP contribution in [0, 0.1) is 20.7 Å². The van der Waals surface area contributed by atoms with E-state index in [1.165, 1.54) is 13.2 Å². The van der Waals surface area contributed by atoms with Crippen molar-refractivity contribution in [2.45, 2.75) is 13.2 Å². The zero-order chi connectivity index (χ0) is 21.3. The molecular formula is C23H18FIN2O3. The Bertz CT molecular complexity index is 1100. The SMILES string of the molecule is COc1cc(/C=N\OCc2ccccc2C#N)cc(I)c1OCc1ccccc1F. The summed E-state index contributed by atoms with van der Waals surface area (Å²) in [6, 6.07) is 19.4. The molecule has 0 saturated carbocycles. The van der Waals surface area contributed by atoms with Crippen molar-refractivity contribution in [1.82, 2.24) is 0 Å². The van der Waals surface area contributed by atoms with Gasteiger partial charge in [-0.25, -0.2) is 4.39 Å². The van der Waals surface area contributed by atoms with Crippen molar-refractivity contribution in [3.63, 3.8) is 0 Å². The summed E-state index contributed by atoms with van der Waals surface area (Å²) in [7, 11) is 1.54. The average molecular weight is 516 g/mol. The van der Waals surface area contributed by atoms with Crippen LogP contribution in [0.2, 0.25) is 0 Å². The number of oxime groups is 1. The van der Waals surface area contributed by atoms with Gasteiger partial charge in [-0.3, -0.25) is 0 Å². The number of hydrogen-bond acceptors (Lipinski definition) is 5. The zero-order valence-electron chi connectivity index (χ0n) is 16.1. The highest BCUT2D eigenvalue weighted by molar-refractivity contribution is 14.1. The van der Waals surface area contributed by atoms with Gasteiger partial charge in [-0.2, -0.15) is 5.26 Å². The molecule has 5 nitrogen and oxygen atoms in total. The van der Waals surface area contributed by atoms with Crippen LogP contribution in [0.4, 0.5) is 4.39 Å². The Kier molecular flexibility index (Phi) is 7.63. The number of methoxy groups -OCH3 is 1. The molecule has 30 heavy (non-hydrogen) atoms. The third kappa shape index (κ3) is 5.48. The lowest BCUT2D eigenvalue weighted by Gasteiger charge is -2.14. The van der Waals surface area contributed by atoms with Gasteiger partial charge in [-0.05, 0) is 46.9 Å². The van der Waals surface area contributed by atoms with E-state index in [4.69, 9.17) is 19.6 Å². The predicted octanol–water partition coefficient (Wildman–Crippen LogP) is 5.44. The van der Waals surface area contributed by atoms with E-state index in [0.717, 1.165) is 14.7 Å².